The lowest BCUT2D eigenvalue weighted by Gasteiger charge is -2.10. The largest absolute Gasteiger partial charge is 0.493 e. The predicted molar refractivity (Wildman–Crippen MR) is 71.7 cm³/mol. The van der Waals surface area contributed by atoms with E-state index in [4.69, 9.17) is 9.47 Å². The normalized spacial score (nSPS) is 9.95. The predicted octanol–water partition coefficient (Wildman–Crippen LogP) is 2.49. The monoisotopic (exact) mass is 276 g/mol. The second-order valence-electron chi connectivity index (χ2n) is 3.89. The fourth-order valence-electron chi connectivity index (χ4n) is 1.66. The number of aromatic nitrogens is 1. The van der Waals surface area contributed by atoms with Crippen LogP contribution in [-0.4, -0.2) is 25.1 Å². The second-order valence-corrected chi connectivity index (χ2v) is 3.89. The molecule has 1 amide bonds. The number of amides is 1. The third kappa shape index (κ3) is 3.03. The van der Waals surface area contributed by atoms with E-state index in [1.54, 1.807) is 18.2 Å². The number of methoxy groups -OCH3 is 2. The van der Waals surface area contributed by atoms with Gasteiger partial charge in [0.1, 0.15) is 0 Å². The van der Waals surface area contributed by atoms with Gasteiger partial charge in [-0.15, -0.1) is 0 Å². The van der Waals surface area contributed by atoms with Crippen molar-refractivity contribution in [3.63, 3.8) is 0 Å². The number of rotatable bonds is 4. The molecule has 6 heteroatoms. The number of carbonyl (C=O) groups is 1. The molecule has 1 N–H and O–H groups in total. The van der Waals surface area contributed by atoms with Gasteiger partial charge in [0.15, 0.2) is 11.5 Å². The lowest BCUT2D eigenvalue weighted by atomic mass is 10.2. The third-order valence-electron chi connectivity index (χ3n) is 2.63. The van der Waals surface area contributed by atoms with Crippen molar-refractivity contribution in [3.05, 3.63) is 48.0 Å². The number of hydrogen-bond donors (Lipinski definition) is 1. The zero-order valence-corrected chi connectivity index (χ0v) is 11.0. The number of halogens is 1. The van der Waals surface area contributed by atoms with Crippen LogP contribution in [-0.2, 0) is 0 Å². The molecule has 0 aliphatic rings. The Morgan fingerprint density at radius 1 is 1.15 bits per heavy atom. The topological polar surface area (TPSA) is 60.5 Å². The summed E-state index contributed by atoms with van der Waals surface area (Å²) >= 11 is 0. The Bertz CT molecular complexity index is 632. The average molecular weight is 276 g/mol. The highest BCUT2D eigenvalue weighted by molar-refractivity contribution is 6.04. The molecule has 0 atom stereocenters. The molecule has 5 nitrogen and oxygen atoms in total. The Labute approximate surface area is 115 Å². The van der Waals surface area contributed by atoms with Crippen LogP contribution < -0.4 is 14.8 Å². The number of nitrogens with one attached hydrogen (secondary N) is 1. The zero-order valence-electron chi connectivity index (χ0n) is 11.0. The van der Waals surface area contributed by atoms with Crippen LogP contribution in [0.3, 0.4) is 0 Å². The molecule has 0 fully saturated rings. The quantitative estimate of drug-likeness (QED) is 0.871. The molecule has 0 spiro atoms. The van der Waals surface area contributed by atoms with Gasteiger partial charge in [0.25, 0.3) is 5.91 Å². The van der Waals surface area contributed by atoms with Crippen LogP contribution in [0.4, 0.5) is 10.1 Å². The van der Waals surface area contributed by atoms with E-state index in [-0.39, 0.29) is 5.56 Å². The Morgan fingerprint density at radius 2 is 1.90 bits per heavy atom. The van der Waals surface area contributed by atoms with Crippen LogP contribution in [0, 0.1) is 5.95 Å². The number of carbonyl (C=O) groups excluding carboxylic acids is 1. The van der Waals surface area contributed by atoms with Gasteiger partial charge in [-0.1, -0.05) is 0 Å². The summed E-state index contributed by atoms with van der Waals surface area (Å²) in [4.78, 5) is 15.3. The van der Waals surface area contributed by atoms with Gasteiger partial charge < -0.3 is 14.8 Å². The van der Waals surface area contributed by atoms with E-state index in [0.29, 0.717) is 17.2 Å². The zero-order chi connectivity index (χ0) is 14.5. The van der Waals surface area contributed by atoms with E-state index in [9.17, 15) is 9.18 Å². The fraction of sp³-hybridized carbons (Fsp3) is 0.143. The van der Waals surface area contributed by atoms with Crippen LogP contribution in [0.1, 0.15) is 10.4 Å². The van der Waals surface area contributed by atoms with Gasteiger partial charge in [-0.2, -0.15) is 4.39 Å². The van der Waals surface area contributed by atoms with Gasteiger partial charge >= 0.3 is 0 Å². The summed E-state index contributed by atoms with van der Waals surface area (Å²) in [6.07, 6.45) is 1.23. The number of pyridine rings is 1. The molecule has 2 rings (SSSR count). The Hall–Kier alpha value is -2.63. The summed E-state index contributed by atoms with van der Waals surface area (Å²) in [5, 5.41) is 2.64. The minimum absolute atomic E-state index is 0.187. The van der Waals surface area contributed by atoms with Crippen molar-refractivity contribution in [2.45, 2.75) is 0 Å². The fourth-order valence-corrected chi connectivity index (χ4v) is 1.66. The molecular weight excluding hydrogens is 263 g/mol. The molecule has 20 heavy (non-hydrogen) atoms. The second kappa shape index (κ2) is 6.01. The summed E-state index contributed by atoms with van der Waals surface area (Å²) in [5.41, 5.74) is 0.706. The van der Waals surface area contributed by atoms with Crippen molar-refractivity contribution in [3.8, 4) is 11.5 Å². The van der Waals surface area contributed by atoms with E-state index in [1.807, 2.05) is 0 Å². The summed E-state index contributed by atoms with van der Waals surface area (Å²) in [6.45, 7) is 0. The molecule has 1 aromatic carbocycles. The average Bonchev–Trinajstić information content (AvgIpc) is 2.47. The molecule has 1 aromatic heterocycles. The summed E-state index contributed by atoms with van der Waals surface area (Å²) in [5.74, 6) is -0.0878. The maximum atomic E-state index is 13.0. The molecule has 1 heterocycles. The number of benzene rings is 1. The van der Waals surface area contributed by atoms with Crippen LogP contribution in [0.25, 0.3) is 0 Å². The number of ether oxygens (including phenoxy) is 2. The highest BCUT2D eigenvalue weighted by Crippen LogP contribution is 2.29. The number of anilines is 1. The minimum Gasteiger partial charge on any atom is -0.493 e. The first-order valence-corrected chi connectivity index (χ1v) is 5.79. The first-order chi connectivity index (χ1) is 9.63. The lowest BCUT2D eigenvalue weighted by Crippen LogP contribution is -2.12. The van der Waals surface area contributed by atoms with Gasteiger partial charge in [0, 0.05) is 29.6 Å². The molecule has 0 unspecified atom stereocenters. The molecule has 0 aliphatic carbocycles. The molecular formula is C14H13FN2O3. The molecule has 0 saturated heterocycles. The minimum atomic E-state index is -0.704. The van der Waals surface area contributed by atoms with Crippen molar-refractivity contribution >= 4 is 11.6 Å². The molecule has 2 aromatic rings. The van der Waals surface area contributed by atoms with Crippen molar-refractivity contribution in [2.75, 3.05) is 19.5 Å². The SMILES string of the molecule is COc1ccc(NC(=O)c2ccnc(F)c2)cc1OC. The van der Waals surface area contributed by atoms with E-state index in [2.05, 4.69) is 10.3 Å². The first-order valence-electron chi connectivity index (χ1n) is 5.79. The van der Waals surface area contributed by atoms with E-state index >= 15 is 0 Å². The van der Waals surface area contributed by atoms with Crippen molar-refractivity contribution < 1.29 is 18.7 Å². The van der Waals surface area contributed by atoms with Crippen molar-refractivity contribution in [2.24, 2.45) is 0 Å². The van der Waals surface area contributed by atoms with Crippen LogP contribution in [0.2, 0.25) is 0 Å². The third-order valence-corrected chi connectivity index (χ3v) is 2.63. The Kier molecular flexibility index (Phi) is 4.14. The summed E-state index contributed by atoms with van der Waals surface area (Å²) < 4.78 is 23.2. The lowest BCUT2D eigenvalue weighted by molar-refractivity contribution is 0.102. The van der Waals surface area contributed by atoms with Gasteiger partial charge in [0.2, 0.25) is 5.95 Å². The van der Waals surface area contributed by atoms with Crippen LogP contribution in [0.5, 0.6) is 11.5 Å². The molecule has 0 aliphatic heterocycles. The highest BCUT2D eigenvalue weighted by atomic mass is 19.1. The Morgan fingerprint density at radius 3 is 2.55 bits per heavy atom. The number of nitrogens with zero attached hydrogens (tertiary/aromatic N) is 1. The standard InChI is InChI=1S/C14H13FN2O3/c1-19-11-4-3-10(8-12(11)20-2)17-14(18)9-5-6-16-13(15)7-9/h3-8H,1-2H3,(H,17,18). The van der Waals surface area contributed by atoms with Gasteiger partial charge in [-0.25, -0.2) is 4.98 Å². The smallest absolute Gasteiger partial charge is 0.255 e. The van der Waals surface area contributed by atoms with E-state index in [0.717, 1.165) is 6.07 Å². The first kappa shape index (κ1) is 13.8. The molecule has 104 valence electrons. The van der Waals surface area contributed by atoms with Crippen LogP contribution >= 0.6 is 0 Å². The number of hydrogen-bond acceptors (Lipinski definition) is 4. The Balaban J connectivity index is 2.19. The van der Waals surface area contributed by atoms with Gasteiger partial charge in [-0.05, 0) is 18.2 Å². The van der Waals surface area contributed by atoms with E-state index < -0.39 is 11.9 Å². The van der Waals surface area contributed by atoms with Crippen molar-refractivity contribution in [1.29, 1.82) is 0 Å². The highest BCUT2D eigenvalue weighted by Gasteiger charge is 2.10. The maximum Gasteiger partial charge on any atom is 0.255 e. The van der Waals surface area contributed by atoms with Gasteiger partial charge in [0.05, 0.1) is 14.2 Å². The molecule has 0 radical (unpaired) electrons. The van der Waals surface area contributed by atoms with Crippen LogP contribution in [0.15, 0.2) is 36.5 Å². The van der Waals surface area contributed by atoms with Gasteiger partial charge in [-0.3, -0.25) is 4.79 Å². The van der Waals surface area contributed by atoms with E-state index in [1.165, 1.54) is 26.5 Å². The van der Waals surface area contributed by atoms with Crippen molar-refractivity contribution in [1.82, 2.24) is 4.98 Å². The summed E-state index contributed by atoms with van der Waals surface area (Å²) in [7, 11) is 3.03. The molecule has 0 bridgehead atoms. The molecule has 0 saturated carbocycles. The maximum absolute atomic E-state index is 13.0. The summed E-state index contributed by atoms with van der Waals surface area (Å²) in [6, 6.07) is 7.45.